The highest BCUT2D eigenvalue weighted by molar-refractivity contribution is 5.67. The van der Waals surface area contributed by atoms with Crippen molar-refractivity contribution < 1.29 is 14.3 Å². The molecule has 0 amide bonds. The van der Waals surface area contributed by atoms with Gasteiger partial charge in [-0.2, -0.15) is 5.26 Å². The number of benzene rings is 1. The van der Waals surface area contributed by atoms with Crippen molar-refractivity contribution in [3.05, 3.63) is 35.1 Å². The SMILES string of the molecule is CC(C)(C#N)c1ccc(CCC(CC(=O)O)C2CCCC2)cc1F. The van der Waals surface area contributed by atoms with E-state index in [9.17, 15) is 9.18 Å². The van der Waals surface area contributed by atoms with Crippen molar-refractivity contribution in [1.29, 1.82) is 5.26 Å². The molecule has 1 aromatic rings. The average molecular weight is 331 g/mol. The van der Waals surface area contributed by atoms with Crippen LogP contribution in [0.2, 0.25) is 0 Å². The summed E-state index contributed by atoms with van der Waals surface area (Å²) in [6.45, 7) is 3.40. The fourth-order valence-corrected chi connectivity index (χ4v) is 3.79. The van der Waals surface area contributed by atoms with Crippen molar-refractivity contribution in [3.8, 4) is 6.07 Å². The second-order valence-corrected chi connectivity index (χ2v) is 7.49. The van der Waals surface area contributed by atoms with Gasteiger partial charge in [0, 0.05) is 12.0 Å². The van der Waals surface area contributed by atoms with Gasteiger partial charge in [0.1, 0.15) is 5.82 Å². The van der Waals surface area contributed by atoms with Crippen LogP contribution in [0.25, 0.3) is 0 Å². The number of rotatable bonds is 7. The second-order valence-electron chi connectivity index (χ2n) is 7.49. The molecular formula is C20H26FNO2. The van der Waals surface area contributed by atoms with E-state index in [2.05, 4.69) is 6.07 Å². The Labute approximate surface area is 143 Å². The topological polar surface area (TPSA) is 61.1 Å². The van der Waals surface area contributed by atoms with Crippen molar-refractivity contribution in [1.82, 2.24) is 0 Å². The van der Waals surface area contributed by atoms with Crippen LogP contribution in [0.3, 0.4) is 0 Å². The summed E-state index contributed by atoms with van der Waals surface area (Å²) >= 11 is 0. The smallest absolute Gasteiger partial charge is 0.303 e. The molecule has 1 aromatic carbocycles. The van der Waals surface area contributed by atoms with E-state index >= 15 is 0 Å². The minimum Gasteiger partial charge on any atom is -0.481 e. The zero-order valence-electron chi connectivity index (χ0n) is 14.5. The fourth-order valence-electron chi connectivity index (χ4n) is 3.79. The van der Waals surface area contributed by atoms with Crippen LogP contribution in [-0.2, 0) is 16.6 Å². The number of carboxylic acids is 1. The summed E-state index contributed by atoms with van der Waals surface area (Å²) in [5.74, 6) is -0.440. The zero-order chi connectivity index (χ0) is 17.7. The number of halogens is 1. The van der Waals surface area contributed by atoms with Gasteiger partial charge in [-0.25, -0.2) is 4.39 Å². The van der Waals surface area contributed by atoms with Gasteiger partial charge in [-0.1, -0.05) is 37.8 Å². The van der Waals surface area contributed by atoms with Crippen molar-refractivity contribution in [2.45, 2.75) is 64.2 Å². The first-order valence-corrected chi connectivity index (χ1v) is 8.75. The van der Waals surface area contributed by atoms with Gasteiger partial charge in [0.15, 0.2) is 0 Å². The van der Waals surface area contributed by atoms with E-state index in [1.165, 1.54) is 18.9 Å². The molecule has 1 unspecified atom stereocenters. The minimum absolute atomic E-state index is 0.170. The number of hydrogen-bond donors (Lipinski definition) is 1. The maximum atomic E-state index is 14.3. The van der Waals surface area contributed by atoms with E-state index in [4.69, 9.17) is 10.4 Å². The molecule has 1 saturated carbocycles. The molecule has 0 heterocycles. The van der Waals surface area contributed by atoms with E-state index in [1.54, 1.807) is 19.9 Å². The van der Waals surface area contributed by atoms with Crippen LogP contribution >= 0.6 is 0 Å². The monoisotopic (exact) mass is 331 g/mol. The van der Waals surface area contributed by atoms with Gasteiger partial charge in [0.05, 0.1) is 11.5 Å². The Morgan fingerprint density at radius 2 is 2.08 bits per heavy atom. The minimum atomic E-state index is -0.849. The maximum absolute atomic E-state index is 14.3. The number of aliphatic carboxylic acids is 1. The zero-order valence-corrected chi connectivity index (χ0v) is 14.5. The molecule has 1 aliphatic carbocycles. The standard InChI is InChI=1S/C20H26FNO2/c1-20(2,13-22)17-10-8-14(11-18(17)21)7-9-16(12-19(23)24)15-5-3-4-6-15/h8,10-11,15-16H,3-7,9,12H2,1-2H3,(H,23,24). The predicted octanol–water partition coefficient (Wildman–Crippen LogP) is 4.84. The van der Waals surface area contributed by atoms with Crippen LogP contribution < -0.4 is 0 Å². The molecule has 24 heavy (non-hydrogen) atoms. The van der Waals surface area contributed by atoms with Crippen molar-refractivity contribution in [2.24, 2.45) is 11.8 Å². The highest BCUT2D eigenvalue weighted by atomic mass is 19.1. The molecular weight excluding hydrogens is 305 g/mol. The van der Waals surface area contributed by atoms with Gasteiger partial charge in [-0.05, 0) is 50.2 Å². The van der Waals surface area contributed by atoms with Crippen LogP contribution in [0.15, 0.2) is 18.2 Å². The lowest BCUT2D eigenvalue weighted by Gasteiger charge is -2.22. The number of carboxylic acid groups (broad SMARTS) is 1. The molecule has 0 radical (unpaired) electrons. The predicted molar refractivity (Wildman–Crippen MR) is 91.1 cm³/mol. The quantitative estimate of drug-likeness (QED) is 0.777. The normalized spacial score (nSPS) is 16.8. The van der Waals surface area contributed by atoms with Gasteiger partial charge in [-0.3, -0.25) is 4.79 Å². The van der Waals surface area contributed by atoms with Crippen LogP contribution in [0, 0.1) is 29.0 Å². The second kappa shape index (κ2) is 7.79. The lowest BCUT2D eigenvalue weighted by molar-refractivity contribution is -0.138. The molecule has 0 saturated heterocycles. The Bertz CT molecular complexity index is 627. The van der Waals surface area contributed by atoms with Gasteiger partial charge in [0.2, 0.25) is 0 Å². The summed E-state index contributed by atoms with van der Waals surface area (Å²) in [6, 6.07) is 7.18. The number of carbonyl (C=O) groups is 1. The number of nitrogens with zero attached hydrogens (tertiary/aromatic N) is 1. The van der Waals surface area contributed by atoms with E-state index in [0.717, 1.165) is 24.8 Å². The molecule has 130 valence electrons. The lowest BCUT2D eigenvalue weighted by atomic mass is 9.82. The maximum Gasteiger partial charge on any atom is 0.303 e. The molecule has 0 bridgehead atoms. The molecule has 1 fully saturated rings. The first-order valence-electron chi connectivity index (χ1n) is 8.75. The Hall–Kier alpha value is -1.89. The molecule has 0 aromatic heterocycles. The van der Waals surface area contributed by atoms with E-state index < -0.39 is 11.4 Å². The van der Waals surface area contributed by atoms with Gasteiger partial charge >= 0.3 is 5.97 Å². The van der Waals surface area contributed by atoms with Crippen LogP contribution in [0.4, 0.5) is 4.39 Å². The third-order valence-corrected chi connectivity index (χ3v) is 5.29. The molecule has 3 nitrogen and oxygen atoms in total. The highest BCUT2D eigenvalue weighted by Crippen LogP contribution is 2.36. The Balaban J connectivity index is 2.05. The summed E-state index contributed by atoms with van der Waals surface area (Å²) < 4.78 is 14.3. The number of hydrogen-bond acceptors (Lipinski definition) is 2. The molecule has 0 spiro atoms. The number of aryl methyl sites for hydroxylation is 1. The van der Waals surface area contributed by atoms with E-state index in [0.29, 0.717) is 17.9 Å². The average Bonchev–Trinajstić information content (AvgIpc) is 3.05. The summed E-state index contributed by atoms with van der Waals surface area (Å²) in [5, 5.41) is 18.3. The molecule has 1 aliphatic rings. The summed E-state index contributed by atoms with van der Waals surface area (Å²) in [6.07, 6.45) is 6.26. The molecule has 4 heteroatoms. The molecule has 1 N–H and O–H groups in total. The summed E-state index contributed by atoms with van der Waals surface area (Å²) in [4.78, 5) is 11.1. The molecule has 0 aliphatic heterocycles. The lowest BCUT2D eigenvalue weighted by Crippen LogP contribution is -2.18. The molecule has 1 atom stereocenters. The van der Waals surface area contributed by atoms with E-state index in [1.807, 2.05) is 6.07 Å². The van der Waals surface area contributed by atoms with Gasteiger partial charge in [0.25, 0.3) is 0 Å². The van der Waals surface area contributed by atoms with Crippen molar-refractivity contribution in [3.63, 3.8) is 0 Å². The fraction of sp³-hybridized carbons (Fsp3) is 0.600. The largest absolute Gasteiger partial charge is 0.481 e. The Morgan fingerprint density at radius 1 is 1.42 bits per heavy atom. The first kappa shape index (κ1) is 18.4. The summed E-state index contributed by atoms with van der Waals surface area (Å²) in [5.41, 5.74) is 0.434. The van der Waals surface area contributed by atoms with Crippen LogP contribution in [0.5, 0.6) is 0 Å². The van der Waals surface area contributed by atoms with Gasteiger partial charge in [-0.15, -0.1) is 0 Å². The Morgan fingerprint density at radius 3 is 2.62 bits per heavy atom. The van der Waals surface area contributed by atoms with E-state index in [-0.39, 0.29) is 18.2 Å². The highest BCUT2D eigenvalue weighted by Gasteiger charge is 2.27. The summed E-state index contributed by atoms with van der Waals surface area (Å²) in [7, 11) is 0. The third-order valence-electron chi connectivity index (χ3n) is 5.29. The first-order chi connectivity index (χ1) is 11.3. The van der Waals surface area contributed by atoms with Gasteiger partial charge < -0.3 is 5.11 Å². The molecule has 2 rings (SSSR count). The number of nitriles is 1. The van der Waals surface area contributed by atoms with Crippen LogP contribution in [0.1, 0.15) is 63.5 Å². The van der Waals surface area contributed by atoms with Crippen molar-refractivity contribution >= 4 is 5.97 Å². The van der Waals surface area contributed by atoms with Crippen LogP contribution in [-0.4, -0.2) is 11.1 Å². The van der Waals surface area contributed by atoms with Crippen molar-refractivity contribution in [2.75, 3.05) is 0 Å². The Kier molecular flexibility index (Phi) is 5.99. The third kappa shape index (κ3) is 4.56.